The maximum Gasteiger partial charge on any atom is 0.256 e. The van der Waals surface area contributed by atoms with E-state index in [2.05, 4.69) is 15.5 Å². The summed E-state index contributed by atoms with van der Waals surface area (Å²) >= 11 is 0. The van der Waals surface area contributed by atoms with Gasteiger partial charge in [-0.25, -0.2) is 0 Å². The molecule has 0 bridgehead atoms. The van der Waals surface area contributed by atoms with Gasteiger partial charge < -0.3 is 19.6 Å². The van der Waals surface area contributed by atoms with E-state index in [1.807, 2.05) is 39.0 Å². The molecule has 0 atom stereocenters. The number of pyridine rings is 1. The minimum absolute atomic E-state index is 0.174. The number of benzene rings is 1. The van der Waals surface area contributed by atoms with Crippen molar-refractivity contribution in [1.29, 1.82) is 0 Å². The van der Waals surface area contributed by atoms with Crippen LogP contribution in [-0.2, 0) is 11.8 Å². The van der Waals surface area contributed by atoms with E-state index in [9.17, 15) is 9.59 Å². The molecule has 0 saturated heterocycles. The van der Waals surface area contributed by atoms with Crippen molar-refractivity contribution < 1.29 is 14.1 Å². The van der Waals surface area contributed by atoms with Gasteiger partial charge in [0, 0.05) is 23.6 Å². The van der Waals surface area contributed by atoms with Crippen LogP contribution < -0.4 is 15.6 Å². The number of rotatable bonds is 5. The molecule has 0 aliphatic heterocycles. The molecular formula is C21H25N3O4. The fourth-order valence-electron chi connectivity index (χ4n) is 3.09. The van der Waals surface area contributed by atoms with Gasteiger partial charge in [-0.3, -0.25) is 9.59 Å². The number of aromatic nitrogens is 2. The zero-order chi connectivity index (χ0) is 20.5. The summed E-state index contributed by atoms with van der Waals surface area (Å²) in [5.74, 6) is 0.924. The molecule has 0 aliphatic rings. The van der Waals surface area contributed by atoms with Crippen LogP contribution in [0.5, 0.6) is 5.75 Å². The van der Waals surface area contributed by atoms with Gasteiger partial charge >= 0.3 is 0 Å². The number of carbonyl (C=O) groups is 1. The van der Waals surface area contributed by atoms with Crippen LogP contribution in [0.2, 0.25) is 0 Å². The monoisotopic (exact) mass is 383 g/mol. The topological polar surface area (TPSA) is 97.2 Å². The molecule has 0 radical (unpaired) electrons. The van der Waals surface area contributed by atoms with E-state index < -0.39 is 0 Å². The SMILES string of the molecule is COc1ccc2cc(CCNC(=O)c3c(C(C)(C)C)noc3C)c(=O)[nH]c2c1. The molecule has 148 valence electrons. The van der Waals surface area contributed by atoms with Crippen molar-refractivity contribution in [1.82, 2.24) is 15.5 Å². The molecule has 7 nitrogen and oxygen atoms in total. The van der Waals surface area contributed by atoms with E-state index in [1.165, 1.54) is 0 Å². The van der Waals surface area contributed by atoms with E-state index in [1.54, 1.807) is 20.1 Å². The minimum atomic E-state index is -0.305. The molecule has 2 N–H and O–H groups in total. The van der Waals surface area contributed by atoms with Crippen LogP contribution in [-0.4, -0.2) is 29.7 Å². The Bertz CT molecular complexity index is 1070. The number of hydrogen-bond acceptors (Lipinski definition) is 5. The molecule has 1 amide bonds. The van der Waals surface area contributed by atoms with E-state index in [0.717, 1.165) is 5.39 Å². The number of nitrogens with zero attached hydrogens (tertiary/aromatic N) is 1. The molecule has 0 spiro atoms. The lowest BCUT2D eigenvalue weighted by atomic mass is 9.88. The van der Waals surface area contributed by atoms with Crippen molar-refractivity contribution in [2.45, 2.75) is 39.5 Å². The first-order valence-electron chi connectivity index (χ1n) is 9.15. The Morgan fingerprint density at radius 3 is 2.71 bits per heavy atom. The number of aryl methyl sites for hydroxylation is 1. The number of amides is 1. The quantitative estimate of drug-likeness (QED) is 0.706. The van der Waals surface area contributed by atoms with Gasteiger partial charge in [-0.2, -0.15) is 0 Å². The van der Waals surface area contributed by atoms with Crippen molar-refractivity contribution in [3.05, 3.63) is 57.2 Å². The average molecular weight is 383 g/mol. The van der Waals surface area contributed by atoms with Crippen molar-refractivity contribution in [2.75, 3.05) is 13.7 Å². The molecule has 3 aromatic rings. The Kier molecular flexibility index (Phi) is 5.27. The Morgan fingerprint density at radius 2 is 2.04 bits per heavy atom. The number of methoxy groups -OCH3 is 1. The maximum atomic E-state index is 12.6. The van der Waals surface area contributed by atoms with Gasteiger partial charge in [0.15, 0.2) is 0 Å². The second-order valence-corrected chi connectivity index (χ2v) is 7.80. The Morgan fingerprint density at radius 1 is 1.29 bits per heavy atom. The molecule has 2 aromatic heterocycles. The van der Waals surface area contributed by atoms with Gasteiger partial charge in [0.25, 0.3) is 11.5 Å². The summed E-state index contributed by atoms with van der Waals surface area (Å²) in [6.07, 6.45) is 0.415. The molecule has 28 heavy (non-hydrogen) atoms. The van der Waals surface area contributed by atoms with Crippen molar-refractivity contribution in [3.8, 4) is 5.75 Å². The zero-order valence-corrected chi connectivity index (χ0v) is 16.8. The summed E-state index contributed by atoms with van der Waals surface area (Å²) < 4.78 is 10.4. The van der Waals surface area contributed by atoms with Crippen LogP contribution in [0, 0.1) is 6.92 Å². The Hall–Kier alpha value is -3.09. The summed E-state index contributed by atoms with van der Waals surface area (Å²) in [4.78, 5) is 27.8. The molecule has 0 aliphatic carbocycles. The minimum Gasteiger partial charge on any atom is -0.497 e. The normalized spacial score (nSPS) is 11.6. The molecular weight excluding hydrogens is 358 g/mol. The molecule has 1 aromatic carbocycles. The van der Waals surface area contributed by atoms with Gasteiger partial charge in [0.2, 0.25) is 0 Å². The zero-order valence-electron chi connectivity index (χ0n) is 16.8. The van der Waals surface area contributed by atoms with Crippen LogP contribution in [0.3, 0.4) is 0 Å². The second kappa shape index (κ2) is 7.50. The van der Waals surface area contributed by atoms with Crippen molar-refractivity contribution in [2.24, 2.45) is 0 Å². The lowest BCUT2D eigenvalue weighted by Gasteiger charge is -2.16. The van der Waals surface area contributed by atoms with Gasteiger partial charge in [-0.15, -0.1) is 0 Å². The number of fused-ring (bicyclic) bond motifs is 1. The van der Waals surface area contributed by atoms with Crippen LogP contribution in [0.15, 0.2) is 33.6 Å². The first-order valence-corrected chi connectivity index (χ1v) is 9.15. The molecule has 7 heteroatoms. The number of carbonyl (C=O) groups excluding carboxylic acids is 1. The maximum absolute atomic E-state index is 12.6. The summed E-state index contributed by atoms with van der Waals surface area (Å²) in [7, 11) is 1.58. The highest BCUT2D eigenvalue weighted by Crippen LogP contribution is 2.26. The number of hydrogen-bond donors (Lipinski definition) is 2. The number of aromatic amines is 1. The van der Waals surface area contributed by atoms with Crippen molar-refractivity contribution >= 4 is 16.8 Å². The first-order chi connectivity index (χ1) is 13.2. The van der Waals surface area contributed by atoms with Gasteiger partial charge in [0.1, 0.15) is 22.8 Å². The largest absolute Gasteiger partial charge is 0.497 e. The van der Waals surface area contributed by atoms with E-state index in [0.29, 0.717) is 46.8 Å². The highest BCUT2D eigenvalue weighted by molar-refractivity contribution is 5.96. The molecule has 0 unspecified atom stereocenters. The number of nitrogens with one attached hydrogen (secondary N) is 2. The molecule has 2 heterocycles. The fraction of sp³-hybridized carbons (Fsp3) is 0.381. The van der Waals surface area contributed by atoms with E-state index in [4.69, 9.17) is 9.26 Å². The lowest BCUT2D eigenvalue weighted by Crippen LogP contribution is -2.30. The highest BCUT2D eigenvalue weighted by atomic mass is 16.5. The average Bonchev–Trinajstić information content (AvgIpc) is 3.03. The second-order valence-electron chi connectivity index (χ2n) is 7.80. The molecule has 0 fully saturated rings. The fourth-order valence-corrected chi connectivity index (χ4v) is 3.09. The highest BCUT2D eigenvalue weighted by Gasteiger charge is 2.28. The lowest BCUT2D eigenvalue weighted by molar-refractivity contribution is 0.0950. The van der Waals surface area contributed by atoms with Gasteiger partial charge in [-0.1, -0.05) is 25.9 Å². The molecule has 3 rings (SSSR count). The Balaban J connectivity index is 1.73. The standard InChI is InChI=1S/C21H25N3O4/c1-12-17(18(24-28-12)21(2,3)4)20(26)22-9-8-14-10-13-6-7-15(27-5)11-16(13)23-19(14)25/h6-7,10-11H,8-9H2,1-5H3,(H,22,26)(H,23,25). The van der Waals surface area contributed by atoms with E-state index >= 15 is 0 Å². The third kappa shape index (κ3) is 3.93. The van der Waals surface area contributed by atoms with E-state index in [-0.39, 0.29) is 16.9 Å². The predicted octanol–water partition coefficient (Wildman–Crippen LogP) is 3.10. The summed E-state index contributed by atoms with van der Waals surface area (Å²) in [5.41, 5.74) is 1.93. The summed E-state index contributed by atoms with van der Waals surface area (Å²) in [6.45, 7) is 7.98. The number of ether oxygens (including phenoxy) is 1. The first kappa shape index (κ1) is 19.7. The summed E-state index contributed by atoms with van der Waals surface area (Å²) in [5, 5.41) is 7.81. The van der Waals surface area contributed by atoms with Crippen molar-refractivity contribution in [3.63, 3.8) is 0 Å². The smallest absolute Gasteiger partial charge is 0.256 e. The van der Waals surface area contributed by atoms with Crippen LogP contribution >= 0.6 is 0 Å². The molecule has 0 saturated carbocycles. The third-order valence-electron chi connectivity index (χ3n) is 4.61. The van der Waals surface area contributed by atoms with Gasteiger partial charge in [-0.05, 0) is 36.9 Å². The van der Waals surface area contributed by atoms with Crippen LogP contribution in [0.1, 0.15) is 48.1 Å². The summed E-state index contributed by atoms with van der Waals surface area (Å²) in [6, 6.07) is 7.35. The third-order valence-corrected chi connectivity index (χ3v) is 4.61. The van der Waals surface area contributed by atoms with Crippen LogP contribution in [0.4, 0.5) is 0 Å². The van der Waals surface area contributed by atoms with Gasteiger partial charge in [0.05, 0.1) is 12.6 Å². The Labute approximate surface area is 163 Å². The number of H-pyrrole nitrogens is 1. The van der Waals surface area contributed by atoms with Crippen LogP contribution in [0.25, 0.3) is 10.9 Å². The predicted molar refractivity (Wildman–Crippen MR) is 107 cm³/mol.